The quantitative estimate of drug-likeness (QED) is 0.442. The number of benzene rings is 2. The van der Waals surface area contributed by atoms with Gasteiger partial charge in [0.25, 0.3) is 0 Å². The zero-order chi connectivity index (χ0) is 22.2. The number of rotatable bonds is 6. The molecule has 0 heterocycles. The van der Waals surface area contributed by atoms with Crippen LogP contribution in [0.15, 0.2) is 48.5 Å². The molecule has 1 fully saturated rings. The number of alkyl halides is 6. The third kappa shape index (κ3) is 4.79. The lowest BCUT2D eigenvalue weighted by Crippen LogP contribution is -2.53. The van der Waals surface area contributed by atoms with Crippen molar-refractivity contribution < 1.29 is 36.3 Å². The van der Waals surface area contributed by atoms with Crippen molar-refractivity contribution in [3.63, 3.8) is 0 Å². The summed E-state index contributed by atoms with van der Waals surface area (Å²) >= 11 is 0. The highest BCUT2D eigenvalue weighted by Gasteiger charge is 2.46. The zero-order valence-corrected chi connectivity index (χ0v) is 16.0. The van der Waals surface area contributed by atoms with Crippen LogP contribution in [0.25, 0.3) is 0 Å². The number of ether oxygens (including phenoxy) is 1. The monoisotopic (exact) mass is 433 g/mol. The molecule has 1 aliphatic carbocycles. The molecule has 1 aliphatic rings. The van der Waals surface area contributed by atoms with Crippen LogP contribution < -0.4 is 5.48 Å². The van der Waals surface area contributed by atoms with Gasteiger partial charge in [-0.15, -0.1) is 0 Å². The van der Waals surface area contributed by atoms with Crippen LogP contribution in [0.1, 0.15) is 48.1 Å². The maximum Gasteiger partial charge on any atom is 0.416 e. The fourth-order valence-electron chi connectivity index (χ4n) is 3.80. The number of hydroxylamine groups is 1. The van der Waals surface area contributed by atoms with Gasteiger partial charge in [-0.05, 0) is 49.1 Å². The van der Waals surface area contributed by atoms with Crippen molar-refractivity contribution >= 4 is 0 Å². The van der Waals surface area contributed by atoms with Gasteiger partial charge in [-0.1, -0.05) is 30.3 Å². The molecule has 2 N–H and O–H groups in total. The average Bonchev–Trinajstić information content (AvgIpc) is 2.66. The van der Waals surface area contributed by atoms with Crippen molar-refractivity contribution in [3.05, 3.63) is 70.8 Å². The Hall–Kier alpha value is -2.10. The Balaban J connectivity index is 1.84. The second kappa shape index (κ2) is 8.20. The lowest BCUT2D eigenvalue weighted by Gasteiger charge is -2.47. The molecule has 1 atom stereocenters. The Kier molecular flexibility index (Phi) is 6.18. The van der Waals surface area contributed by atoms with Crippen LogP contribution in [0, 0.1) is 0 Å². The third-order valence-corrected chi connectivity index (χ3v) is 5.53. The van der Waals surface area contributed by atoms with Gasteiger partial charge in [-0.2, -0.15) is 26.3 Å². The average molecular weight is 433 g/mol. The van der Waals surface area contributed by atoms with Crippen LogP contribution >= 0.6 is 0 Å². The molecule has 0 unspecified atom stereocenters. The van der Waals surface area contributed by atoms with Crippen LogP contribution in [0.4, 0.5) is 26.3 Å². The van der Waals surface area contributed by atoms with E-state index >= 15 is 0 Å². The highest BCUT2D eigenvalue weighted by molar-refractivity contribution is 5.35. The van der Waals surface area contributed by atoms with Gasteiger partial charge in [0.05, 0.1) is 23.8 Å². The first-order chi connectivity index (χ1) is 13.9. The molecule has 9 heteroatoms. The standard InChI is InChI=1S/C21H21F6NO2/c1-13(14-7-16(20(22,23)24)9-17(8-14)21(25,26)27)30-12-19(10-18(11-19)28-29)15-5-3-2-4-6-15/h2-9,13,18,28-29H,10-12H2,1H3/t13-,18?,19?/m1/s1. The van der Waals surface area contributed by atoms with Crippen LogP contribution in [0.2, 0.25) is 0 Å². The largest absolute Gasteiger partial charge is 0.416 e. The predicted octanol–water partition coefficient (Wildman–Crippen LogP) is 5.88. The molecule has 2 aromatic rings. The molecule has 0 amide bonds. The molecule has 0 saturated heterocycles. The molecule has 0 radical (unpaired) electrons. The Morgan fingerprint density at radius 2 is 1.53 bits per heavy atom. The van der Waals surface area contributed by atoms with E-state index in [1.54, 1.807) is 0 Å². The molecular weight excluding hydrogens is 412 g/mol. The minimum absolute atomic E-state index is 0.0912. The van der Waals surface area contributed by atoms with Crippen LogP contribution in [-0.2, 0) is 22.5 Å². The predicted molar refractivity (Wildman–Crippen MR) is 96.9 cm³/mol. The Labute approximate surface area is 169 Å². The Bertz CT molecular complexity index is 828. The van der Waals surface area contributed by atoms with Gasteiger partial charge in [-0.3, -0.25) is 0 Å². The summed E-state index contributed by atoms with van der Waals surface area (Å²) in [6, 6.07) is 10.6. The molecule has 1 saturated carbocycles. The lowest BCUT2D eigenvalue weighted by atomic mass is 9.62. The number of hydrogen-bond acceptors (Lipinski definition) is 3. The lowest BCUT2D eigenvalue weighted by molar-refractivity contribution is -0.143. The zero-order valence-electron chi connectivity index (χ0n) is 16.0. The van der Waals surface area contributed by atoms with Crippen LogP contribution in [-0.4, -0.2) is 17.9 Å². The van der Waals surface area contributed by atoms with Gasteiger partial charge in [-0.25, -0.2) is 5.48 Å². The minimum Gasteiger partial charge on any atom is -0.373 e. The van der Waals surface area contributed by atoms with E-state index in [2.05, 4.69) is 5.48 Å². The van der Waals surface area contributed by atoms with E-state index < -0.39 is 35.0 Å². The summed E-state index contributed by atoms with van der Waals surface area (Å²) in [5.41, 5.74) is -0.291. The molecule has 3 nitrogen and oxygen atoms in total. The van der Waals surface area contributed by atoms with Gasteiger partial charge in [0.15, 0.2) is 0 Å². The summed E-state index contributed by atoms with van der Waals surface area (Å²) in [5.74, 6) is 0. The van der Waals surface area contributed by atoms with E-state index in [1.165, 1.54) is 6.92 Å². The molecule has 164 valence electrons. The van der Waals surface area contributed by atoms with Crippen molar-refractivity contribution in [2.75, 3.05) is 6.61 Å². The molecule has 0 spiro atoms. The van der Waals surface area contributed by atoms with E-state index in [-0.39, 0.29) is 24.3 Å². The fraction of sp³-hybridized carbons (Fsp3) is 0.429. The van der Waals surface area contributed by atoms with Crippen molar-refractivity contribution in [2.24, 2.45) is 0 Å². The van der Waals surface area contributed by atoms with E-state index in [4.69, 9.17) is 9.94 Å². The third-order valence-electron chi connectivity index (χ3n) is 5.53. The minimum atomic E-state index is -4.91. The second-order valence-electron chi connectivity index (χ2n) is 7.67. The summed E-state index contributed by atoms with van der Waals surface area (Å²) in [7, 11) is 0. The maximum absolute atomic E-state index is 13.1. The summed E-state index contributed by atoms with van der Waals surface area (Å²) in [6.07, 6.45) is -9.76. The molecular formula is C21H21F6NO2. The van der Waals surface area contributed by atoms with Crippen molar-refractivity contribution in [1.82, 2.24) is 5.48 Å². The first-order valence-corrected chi connectivity index (χ1v) is 9.31. The number of hydrogen-bond donors (Lipinski definition) is 2. The summed E-state index contributed by atoms with van der Waals surface area (Å²) in [4.78, 5) is 0. The smallest absolute Gasteiger partial charge is 0.373 e. The molecule has 0 bridgehead atoms. The van der Waals surface area contributed by atoms with Gasteiger partial charge < -0.3 is 9.94 Å². The fourth-order valence-corrected chi connectivity index (χ4v) is 3.80. The topological polar surface area (TPSA) is 41.5 Å². The van der Waals surface area contributed by atoms with Gasteiger partial charge in [0.2, 0.25) is 0 Å². The molecule has 0 aliphatic heterocycles. The maximum atomic E-state index is 13.1. The normalized spacial score (nSPS) is 23.1. The number of nitrogens with one attached hydrogen (secondary N) is 1. The number of halogens is 6. The summed E-state index contributed by atoms with van der Waals surface area (Å²) in [5, 5.41) is 9.13. The van der Waals surface area contributed by atoms with Gasteiger partial charge in [0, 0.05) is 11.5 Å². The summed E-state index contributed by atoms with van der Waals surface area (Å²) in [6.45, 7) is 1.52. The van der Waals surface area contributed by atoms with Crippen molar-refractivity contribution in [3.8, 4) is 0 Å². The van der Waals surface area contributed by atoms with Crippen LogP contribution in [0.3, 0.4) is 0 Å². The van der Waals surface area contributed by atoms with Crippen LogP contribution in [0.5, 0.6) is 0 Å². The van der Waals surface area contributed by atoms with E-state index in [1.807, 2.05) is 30.3 Å². The van der Waals surface area contributed by atoms with Crippen molar-refractivity contribution in [1.29, 1.82) is 0 Å². The second-order valence-corrected chi connectivity index (χ2v) is 7.67. The Morgan fingerprint density at radius 1 is 1.00 bits per heavy atom. The first-order valence-electron chi connectivity index (χ1n) is 9.31. The molecule has 3 rings (SSSR count). The molecule has 0 aromatic heterocycles. The van der Waals surface area contributed by atoms with E-state index in [0.717, 1.165) is 5.56 Å². The SMILES string of the molecule is C[C@@H](OCC1(c2ccccc2)CC(NO)C1)c1cc(C(F)(F)F)cc(C(F)(F)F)c1. The Morgan fingerprint density at radius 3 is 2.00 bits per heavy atom. The molecule has 2 aromatic carbocycles. The highest BCUT2D eigenvalue weighted by Crippen LogP contribution is 2.45. The first kappa shape index (κ1) is 22.6. The molecule has 30 heavy (non-hydrogen) atoms. The van der Waals surface area contributed by atoms with E-state index in [9.17, 15) is 26.3 Å². The van der Waals surface area contributed by atoms with Crippen molar-refractivity contribution in [2.45, 2.75) is 49.7 Å². The van der Waals surface area contributed by atoms with Gasteiger partial charge in [0.1, 0.15) is 0 Å². The highest BCUT2D eigenvalue weighted by atomic mass is 19.4. The van der Waals surface area contributed by atoms with E-state index in [0.29, 0.717) is 25.0 Å². The summed E-state index contributed by atoms with van der Waals surface area (Å²) < 4.78 is 84.4. The van der Waals surface area contributed by atoms with Gasteiger partial charge >= 0.3 is 12.4 Å².